The molecule has 0 aliphatic heterocycles. The van der Waals surface area contributed by atoms with Gasteiger partial charge in [0, 0.05) is 38.2 Å². The maximum atomic E-state index is 15.3. The predicted molar refractivity (Wildman–Crippen MR) is 315 cm³/mol. The highest BCUT2D eigenvalue weighted by Gasteiger charge is 2.33. The first-order chi connectivity index (χ1) is 36.8. The van der Waals surface area contributed by atoms with Crippen molar-refractivity contribution < 1.29 is 13.2 Å². The Kier molecular flexibility index (Phi) is 12.2. The van der Waals surface area contributed by atoms with Crippen molar-refractivity contribution in [1.29, 1.82) is 5.26 Å². The molecular formula is C69H63F3N6. The van der Waals surface area contributed by atoms with Gasteiger partial charge >= 0.3 is 6.18 Å². The second kappa shape index (κ2) is 18.4. The lowest BCUT2D eigenvalue weighted by molar-refractivity contribution is -0.137. The van der Waals surface area contributed by atoms with Gasteiger partial charge in [-0.3, -0.25) is 0 Å². The minimum absolute atomic E-state index is 0.0798. The van der Waals surface area contributed by atoms with Crippen LogP contribution in [0.3, 0.4) is 0 Å². The molecule has 3 aromatic heterocycles. The van der Waals surface area contributed by atoms with Crippen LogP contribution in [-0.2, 0) is 27.8 Å². The van der Waals surface area contributed by atoms with E-state index in [9.17, 15) is 5.26 Å². The quantitative estimate of drug-likeness (QED) is 0.166. The number of hydrogen-bond donors (Lipinski definition) is 0. The number of halogens is 3. The lowest BCUT2D eigenvalue weighted by atomic mass is 9.85. The fourth-order valence-electron chi connectivity index (χ4n) is 10.7. The van der Waals surface area contributed by atoms with Crippen LogP contribution in [0, 0.1) is 11.3 Å². The molecule has 11 aromatic rings. The molecule has 0 N–H and O–H groups in total. The molecule has 6 nitrogen and oxygen atoms in total. The van der Waals surface area contributed by atoms with E-state index in [0.717, 1.165) is 77.6 Å². The fourth-order valence-corrected chi connectivity index (χ4v) is 10.7. The smallest absolute Gasteiger partial charge is 0.309 e. The molecule has 9 heteroatoms. The Labute approximate surface area is 454 Å². The van der Waals surface area contributed by atoms with Crippen LogP contribution in [0.2, 0.25) is 0 Å². The molecule has 0 aliphatic carbocycles. The van der Waals surface area contributed by atoms with Gasteiger partial charge in [-0.05, 0) is 146 Å². The van der Waals surface area contributed by atoms with Gasteiger partial charge in [-0.2, -0.15) is 18.4 Å². The Morgan fingerprint density at radius 2 is 0.769 bits per heavy atom. The van der Waals surface area contributed by atoms with Crippen LogP contribution < -0.4 is 0 Å². The van der Waals surface area contributed by atoms with Crippen molar-refractivity contribution in [3.05, 3.63) is 197 Å². The Balaban J connectivity index is 1.25. The summed E-state index contributed by atoms with van der Waals surface area (Å²) in [4.78, 5) is 15.8. The summed E-state index contributed by atoms with van der Waals surface area (Å²) in [5.41, 5.74) is 11.8. The summed E-state index contributed by atoms with van der Waals surface area (Å²) in [7, 11) is 0. The zero-order chi connectivity index (χ0) is 55.4. The molecule has 8 aromatic carbocycles. The summed E-state index contributed by atoms with van der Waals surface area (Å²) >= 11 is 0. The van der Waals surface area contributed by atoms with Crippen molar-refractivity contribution in [2.45, 2.75) is 111 Å². The minimum Gasteiger partial charge on any atom is -0.309 e. The van der Waals surface area contributed by atoms with Crippen LogP contribution in [0.4, 0.5) is 13.2 Å². The van der Waals surface area contributed by atoms with Gasteiger partial charge in [0.25, 0.3) is 0 Å². The van der Waals surface area contributed by atoms with Crippen LogP contribution in [0.25, 0.3) is 100 Å². The van der Waals surface area contributed by atoms with Crippen molar-refractivity contribution in [1.82, 2.24) is 24.1 Å². The number of nitrogens with zero attached hydrogens (tertiary/aromatic N) is 6. The summed E-state index contributed by atoms with van der Waals surface area (Å²) in [5.74, 6) is 0.652. The van der Waals surface area contributed by atoms with Gasteiger partial charge in [0.15, 0.2) is 17.5 Å². The van der Waals surface area contributed by atoms with E-state index in [0.29, 0.717) is 28.2 Å². The van der Waals surface area contributed by atoms with Gasteiger partial charge in [0.1, 0.15) is 0 Å². The van der Waals surface area contributed by atoms with Crippen molar-refractivity contribution in [3.63, 3.8) is 0 Å². The number of hydrogen-bond acceptors (Lipinski definition) is 4. The Morgan fingerprint density at radius 1 is 0.359 bits per heavy atom. The van der Waals surface area contributed by atoms with Crippen LogP contribution in [0.5, 0.6) is 0 Å². The molecule has 0 atom stereocenters. The van der Waals surface area contributed by atoms with E-state index >= 15 is 13.2 Å². The second-order valence-electron chi connectivity index (χ2n) is 24.9. The molecule has 0 fully saturated rings. The molecule has 3 heterocycles. The molecule has 78 heavy (non-hydrogen) atoms. The molecule has 0 saturated heterocycles. The lowest BCUT2D eigenvalue weighted by Gasteiger charge is -2.20. The third-order valence-electron chi connectivity index (χ3n) is 15.3. The molecule has 0 saturated carbocycles. The highest BCUT2D eigenvalue weighted by Crippen LogP contribution is 2.45. The summed E-state index contributed by atoms with van der Waals surface area (Å²) in [6.45, 7) is 26.4. The predicted octanol–water partition coefficient (Wildman–Crippen LogP) is 18.8. The fraction of sp³-hybridized carbons (Fsp3) is 0.246. The van der Waals surface area contributed by atoms with Crippen LogP contribution in [0.1, 0.15) is 116 Å². The highest BCUT2D eigenvalue weighted by atomic mass is 19.4. The molecule has 11 rings (SSSR count). The van der Waals surface area contributed by atoms with Gasteiger partial charge in [-0.1, -0.05) is 156 Å². The average molecular weight is 1030 g/mol. The molecular weight excluding hydrogens is 970 g/mol. The van der Waals surface area contributed by atoms with Crippen molar-refractivity contribution in [3.8, 4) is 62.7 Å². The van der Waals surface area contributed by atoms with E-state index in [1.807, 2.05) is 60.7 Å². The Bertz CT molecular complexity index is 4090. The normalized spacial score (nSPS) is 12.8. The number of aromatic nitrogens is 5. The maximum Gasteiger partial charge on any atom is 0.416 e. The molecule has 0 spiro atoms. The molecule has 0 unspecified atom stereocenters. The average Bonchev–Trinajstić information content (AvgIpc) is 4.15. The van der Waals surface area contributed by atoms with Gasteiger partial charge < -0.3 is 9.13 Å². The summed E-state index contributed by atoms with van der Waals surface area (Å²) in [6, 6.07) is 55.5. The van der Waals surface area contributed by atoms with Gasteiger partial charge in [-0.25, -0.2) is 15.0 Å². The number of nitriles is 1. The van der Waals surface area contributed by atoms with Crippen LogP contribution in [0.15, 0.2) is 164 Å². The van der Waals surface area contributed by atoms with E-state index < -0.39 is 11.7 Å². The van der Waals surface area contributed by atoms with Gasteiger partial charge in [-0.15, -0.1) is 0 Å². The molecule has 0 radical (unpaired) electrons. The number of rotatable bonds is 6. The van der Waals surface area contributed by atoms with E-state index in [1.54, 1.807) is 12.1 Å². The zero-order valence-corrected chi connectivity index (χ0v) is 46.4. The first-order valence-electron chi connectivity index (χ1n) is 26.6. The number of fused-ring (bicyclic) bond motifs is 6. The second-order valence-corrected chi connectivity index (χ2v) is 24.9. The maximum absolute atomic E-state index is 15.3. The summed E-state index contributed by atoms with van der Waals surface area (Å²) in [5, 5.41) is 14.2. The van der Waals surface area contributed by atoms with E-state index in [-0.39, 0.29) is 38.9 Å². The van der Waals surface area contributed by atoms with E-state index in [4.69, 9.17) is 15.0 Å². The van der Waals surface area contributed by atoms with E-state index in [2.05, 4.69) is 177 Å². The van der Waals surface area contributed by atoms with Crippen molar-refractivity contribution in [2.24, 2.45) is 0 Å². The third kappa shape index (κ3) is 9.31. The third-order valence-corrected chi connectivity index (χ3v) is 15.3. The summed E-state index contributed by atoms with van der Waals surface area (Å²) < 4.78 is 50.1. The zero-order valence-electron chi connectivity index (χ0n) is 46.4. The SMILES string of the molecule is CC(C)(C)c1ccc2c(c1)c1cc(C(C)(C)C)ccc1n2-c1ccc(C(F)(F)F)cc1-c1nc(-c2ccccc2)nc(-c2ccc(-c3cccc(C#N)c3)cc2-n2c3ccc(C(C)(C)C)cc3c3cc(C(C)(C)C)ccc32)n1. The minimum atomic E-state index is -4.68. The Hall–Kier alpha value is -8.35. The summed E-state index contributed by atoms with van der Waals surface area (Å²) in [6.07, 6.45) is -4.68. The highest BCUT2D eigenvalue weighted by molar-refractivity contribution is 6.11. The first kappa shape index (κ1) is 51.7. The molecule has 0 bridgehead atoms. The van der Waals surface area contributed by atoms with Crippen molar-refractivity contribution >= 4 is 43.6 Å². The first-order valence-corrected chi connectivity index (χ1v) is 26.6. The standard InChI is InChI=1S/C69H63F3N6/c1-65(2,3)45-22-28-56-51(35-45)52-36-46(66(4,5)6)23-29-57(52)77(56)60-32-26-49(69(70,71)72)39-55(60)64-75-62(42-18-14-13-15-19-42)74-63(76-64)50-27-21-44(43-20-16-17-41(33-43)40-73)34-61(50)78-58-30-24-47(67(7,8)9)37-53(58)54-38-48(68(10,11)12)25-31-59(54)78/h13-39H,1-12H3. The Morgan fingerprint density at radius 3 is 1.22 bits per heavy atom. The van der Waals surface area contributed by atoms with E-state index in [1.165, 1.54) is 17.2 Å². The van der Waals surface area contributed by atoms with Crippen LogP contribution in [-0.4, -0.2) is 24.1 Å². The van der Waals surface area contributed by atoms with Gasteiger partial charge in [0.05, 0.1) is 50.6 Å². The lowest BCUT2D eigenvalue weighted by Crippen LogP contribution is -2.11. The van der Waals surface area contributed by atoms with Crippen LogP contribution >= 0.6 is 0 Å². The monoisotopic (exact) mass is 1030 g/mol. The van der Waals surface area contributed by atoms with Crippen molar-refractivity contribution in [2.75, 3.05) is 0 Å². The molecule has 0 aliphatic rings. The topological polar surface area (TPSA) is 72.3 Å². The number of benzene rings is 8. The molecule has 0 amide bonds. The molecule has 390 valence electrons. The largest absolute Gasteiger partial charge is 0.416 e. The van der Waals surface area contributed by atoms with Gasteiger partial charge in [0.2, 0.25) is 0 Å². The number of alkyl halides is 3.